The molecule has 3 nitrogen and oxygen atoms in total. The summed E-state index contributed by atoms with van der Waals surface area (Å²) in [4.78, 5) is 4.07. The molecule has 1 aromatic heterocycles. The van der Waals surface area contributed by atoms with Crippen molar-refractivity contribution in [1.82, 2.24) is 10.4 Å². The molecule has 1 heterocycles. The van der Waals surface area contributed by atoms with Crippen molar-refractivity contribution in [2.45, 2.75) is 13.0 Å². The Morgan fingerprint density at radius 2 is 2.36 bits per heavy atom. The first kappa shape index (κ1) is 8.64. The maximum atomic E-state index is 5.25. The molecule has 0 amide bonds. The summed E-state index contributed by atoms with van der Waals surface area (Å²) in [6.07, 6.45) is 1.79. The zero-order chi connectivity index (χ0) is 8.27. The Kier molecular flexibility index (Phi) is 2.99. The summed E-state index contributed by atoms with van der Waals surface area (Å²) in [7, 11) is 0. The molecule has 4 heteroatoms. The number of aromatic nitrogens is 1. The summed E-state index contributed by atoms with van der Waals surface area (Å²) in [6.45, 7) is 1.98. The zero-order valence-corrected chi connectivity index (χ0v) is 7.80. The molecule has 0 radical (unpaired) electrons. The third-order valence-electron chi connectivity index (χ3n) is 1.50. The van der Waals surface area contributed by atoms with E-state index in [0.29, 0.717) is 0 Å². The molecule has 0 aliphatic rings. The van der Waals surface area contributed by atoms with Crippen LogP contribution >= 0.6 is 15.9 Å². The molecule has 1 unspecified atom stereocenters. The standard InChI is InChI=1S/C7H10BrN3/c1-5(11-9)6-2-3-7(8)10-4-6/h2-5,11H,9H2,1H3. The first-order valence-corrected chi connectivity index (χ1v) is 4.11. The van der Waals surface area contributed by atoms with Gasteiger partial charge >= 0.3 is 0 Å². The predicted molar refractivity (Wildman–Crippen MR) is 47.7 cm³/mol. The van der Waals surface area contributed by atoms with E-state index in [2.05, 4.69) is 26.3 Å². The van der Waals surface area contributed by atoms with Crippen molar-refractivity contribution in [3.8, 4) is 0 Å². The number of hydrazine groups is 1. The van der Waals surface area contributed by atoms with Gasteiger partial charge in [-0.15, -0.1) is 0 Å². The normalized spacial score (nSPS) is 13.0. The highest BCUT2D eigenvalue weighted by atomic mass is 79.9. The summed E-state index contributed by atoms with van der Waals surface area (Å²) in [5.74, 6) is 5.25. The SMILES string of the molecule is CC(NN)c1ccc(Br)nc1. The summed E-state index contributed by atoms with van der Waals surface area (Å²) in [5.41, 5.74) is 3.72. The van der Waals surface area contributed by atoms with Crippen molar-refractivity contribution >= 4 is 15.9 Å². The van der Waals surface area contributed by atoms with E-state index < -0.39 is 0 Å². The number of halogens is 1. The molecule has 1 rings (SSSR count). The molecule has 0 aliphatic carbocycles. The van der Waals surface area contributed by atoms with Crippen LogP contribution in [0.15, 0.2) is 22.9 Å². The lowest BCUT2D eigenvalue weighted by Gasteiger charge is -2.08. The lowest BCUT2D eigenvalue weighted by Crippen LogP contribution is -2.25. The minimum Gasteiger partial charge on any atom is -0.271 e. The van der Waals surface area contributed by atoms with Crippen molar-refractivity contribution in [1.29, 1.82) is 0 Å². The van der Waals surface area contributed by atoms with Crippen LogP contribution in [-0.4, -0.2) is 4.98 Å². The van der Waals surface area contributed by atoms with Crippen LogP contribution in [0.4, 0.5) is 0 Å². The number of hydrogen-bond donors (Lipinski definition) is 2. The van der Waals surface area contributed by atoms with Gasteiger partial charge in [0.15, 0.2) is 0 Å². The number of pyridine rings is 1. The fourth-order valence-corrected chi connectivity index (χ4v) is 0.974. The molecule has 3 N–H and O–H groups in total. The van der Waals surface area contributed by atoms with Crippen LogP contribution in [0.25, 0.3) is 0 Å². The molecule has 0 aliphatic heterocycles. The Morgan fingerprint density at radius 1 is 1.64 bits per heavy atom. The Balaban J connectivity index is 2.81. The first-order valence-electron chi connectivity index (χ1n) is 3.31. The Hall–Kier alpha value is -0.450. The highest BCUT2D eigenvalue weighted by Gasteiger charge is 2.01. The van der Waals surface area contributed by atoms with Crippen LogP contribution in [0.2, 0.25) is 0 Å². The average molecular weight is 216 g/mol. The maximum absolute atomic E-state index is 5.25. The smallest absolute Gasteiger partial charge is 0.106 e. The monoisotopic (exact) mass is 215 g/mol. The van der Waals surface area contributed by atoms with Gasteiger partial charge in [-0.25, -0.2) is 4.98 Å². The van der Waals surface area contributed by atoms with E-state index in [0.717, 1.165) is 10.2 Å². The van der Waals surface area contributed by atoms with Gasteiger partial charge in [0.05, 0.1) is 0 Å². The molecule has 1 aromatic rings. The first-order chi connectivity index (χ1) is 5.24. The fraction of sp³-hybridized carbons (Fsp3) is 0.286. The third kappa shape index (κ3) is 2.25. The highest BCUT2D eigenvalue weighted by Crippen LogP contribution is 2.12. The number of nitrogens with zero attached hydrogens (tertiary/aromatic N) is 1. The largest absolute Gasteiger partial charge is 0.271 e. The van der Waals surface area contributed by atoms with Gasteiger partial charge in [0.25, 0.3) is 0 Å². The Bertz CT molecular complexity index is 222. The van der Waals surface area contributed by atoms with Gasteiger partial charge in [-0.3, -0.25) is 11.3 Å². The molecule has 11 heavy (non-hydrogen) atoms. The quantitative estimate of drug-likeness (QED) is 0.446. The van der Waals surface area contributed by atoms with Gasteiger partial charge < -0.3 is 0 Å². The number of nitrogens with two attached hydrogens (primary N) is 1. The minimum absolute atomic E-state index is 0.149. The number of hydrogen-bond acceptors (Lipinski definition) is 3. The van der Waals surface area contributed by atoms with E-state index in [9.17, 15) is 0 Å². The van der Waals surface area contributed by atoms with Crippen LogP contribution in [0.3, 0.4) is 0 Å². The van der Waals surface area contributed by atoms with Crippen LogP contribution < -0.4 is 11.3 Å². The van der Waals surface area contributed by atoms with Crippen molar-refractivity contribution in [3.05, 3.63) is 28.5 Å². The summed E-state index contributed by atoms with van der Waals surface area (Å²) in [6, 6.07) is 4.01. The van der Waals surface area contributed by atoms with E-state index in [1.54, 1.807) is 6.20 Å². The van der Waals surface area contributed by atoms with Gasteiger partial charge in [0.1, 0.15) is 4.60 Å². The molecule has 0 spiro atoms. The summed E-state index contributed by atoms with van der Waals surface area (Å²) in [5, 5.41) is 0. The van der Waals surface area contributed by atoms with Crippen LogP contribution in [0.1, 0.15) is 18.5 Å². The average Bonchev–Trinajstić information content (AvgIpc) is 2.05. The highest BCUT2D eigenvalue weighted by molar-refractivity contribution is 9.10. The molecule has 0 saturated heterocycles. The third-order valence-corrected chi connectivity index (χ3v) is 1.97. The van der Waals surface area contributed by atoms with Crippen molar-refractivity contribution in [2.24, 2.45) is 5.84 Å². The summed E-state index contributed by atoms with van der Waals surface area (Å²) >= 11 is 3.25. The fourth-order valence-electron chi connectivity index (χ4n) is 0.740. The molecule has 1 atom stereocenters. The molecular weight excluding hydrogens is 206 g/mol. The molecule has 0 saturated carbocycles. The minimum atomic E-state index is 0.149. The Labute approximate surface area is 74.1 Å². The second-order valence-corrected chi connectivity index (χ2v) is 3.12. The van der Waals surface area contributed by atoms with Gasteiger partial charge in [-0.1, -0.05) is 6.07 Å². The molecule has 0 bridgehead atoms. The van der Waals surface area contributed by atoms with E-state index in [4.69, 9.17) is 5.84 Å². The predicted octanol–water partition coefficient (Wildman–Crippen LogP) is 1.37. The van der Waals surface area contributed by atoms with E-state index in [-0.39, 0.29) is 6.04 Å². The Morgan fingerprint density at radius 3 is 2.82 bits per heavy atom. The lowest BCUT2D eigenvalue weighted by molar-refractivity contribution is 0.600. The number of rotatable bonds is 2. The van der Waals surface area contributed by atoms with Gasteiger partial charge in [0.2, 0.25) is 0 Å². The summed E-state index contributed by atoms with van der Waals surface area (Å²) < 4.78 is 0.838. The van der Waals surface area contributed by atoms with Gasteiger partial charge in [-0.2, -0.15) is 0 Å². The molecule has 60 valence electrons. The molecule has 0 fully saturated rings. The zero-order valence-electron chi connectivity index (χ0n) is 6.21. The lowest BCUT2D eigenvalue weighted by atomic mass is 10.2. The van der Waals surface area contributed by atoms with E-state index in [1.807, 2.05) is 19.1 Å². The van der Waals surface area contributed by atoms with Crippen molar-refractivity contribution < 1.29 is 0 Å². The van der Waals surface area contributed by atoms with E-state index in [1.165, 1.54) is 0 Å². The van der Waals surface area contributed by atoms with E-state index >= 15 is 0 Å². The van der Waals surface area contributed by atoms with Crippen molar-refractivity contribution in [3.63, 3.8) is 0 Å². The van der Waals surface area contributed by atoms with Gasteiger partial charge in [-0.05, 0) is 34.5 Å². The topological polar surface area (TPSA) is 50.9 Å². The second kappa shape index (κ2) is 3.80. The molecular formula is C7H10BrN3. The van der Waals surface area contributed by atoms with Crippen LogP contribution in [0.5, 0.6) is 0 Å². The van der Waals surface area contributed by atoms with Gasteiger partial charge in [0, 0.05) is 12.2 Å². The van der Waals surface area contributed by atoms with Crippen molar-refractivity contribution in [2.75, 3.05) is 0 Å². The second-order valence-electron chi connectivity index (χ2n) is 2.30. The number of nitrogens with one attached hydrogen (secondary N) is 1. The van der Waals surface area contributed by atoms with Crippen LogP contribution in [0, 0.1) is 0 Å². The maximum Gasteiger partial charge on any atom is 0.106 e. The van der Waals surface area contributed by atoms with Crippen LogP contribution in [-0.2, 0) is 0 Å². The molecule has 0 aromatic carbocycles.